The Morgan fingerprint density at radius 2 is 2.13 bits per heavy atom. The first-order valence-corrected chi connectivity index (χ1v) is 4.27. The minimum Gasteiger partial charge on any atom is -0.493 e. The van der Waals surface area contributed by atoms with Gasteiger partial charge in [-0.05, 0) is 19.1 Å². The van der Waals surface area contributed by atoms with Gasteiger partial charge in [0, 0.05) is 6.07 Å². The Kier molecular flexibility index (Phi) is 3.49. The van der Waals surface area contributed by atoms with Crippen molar-refractivity contribution in [2.75, 3.05) is 7.11 Å². The minimum atomic E-state index is -1.10. The predicted molar refractivity (Wildman–Crippen MR) is 50.7 cm³/mol. The second kappa shape index (κ2) is 4.63. The van der Waals surface area contributed by atoms with E-state index in [0.717, 1.165) is 6.07 Å². The second-order valence-corrected chi connectivity index (χ2v) is 2.89. The van der Waals surface area contributed by atoms with Crippen LogP contribution in [-0.2, 0) is 4.79 Å². The maximum absolute atomic E-state index is 12.8. The summed E-state index contributed by atoms with van der Waals surface area (Å²) in [6.45, 7) is 1.38. The van der Waals surface area contributed by atoms with Crippen molar-refractivity contribution in [3.63, 3.8) is 0 Å². The highest BCUT2D eigenvalue weighted by molar-refractivity contribution is 5.72. The third kappa shape index (κ3) is 2.83. The fourth-order valence-electron chi connectivity index (χ4n) is 0.980. The number of benzene rings is 1. The summed E-state index contributed by atoms with van der Waals surface area (Å²) >= 11 is 0. The Labute approximate surface area is 86.2 Å². The van der Waals surface area contributed by atoms with E-state index in [1.165, 1.54) is 26.2 Å². The predicted octanol–water partition coefficient (Wildman–Crippen LogP) is 1.69. The van der Waals surface area contributed by atoms with Gasteiger partial charge in [-0.2, -0.15) is 0 Å². The molecular weight excluding hydrogens is 203 g/mol. The summed E-state index contributed by atoms with van der Waals surface area (Å²) in [5, 5.41) is 8.62. The second-order valence-electron chi connectivity index (χ2n) is 2.89. The minimum absolute atomic E-state index is 0.170. The summed E-state index contributed by atoms with van der Waals surface area (Å²) in [6, 6.07) is 3.63. The summed E-state index contributed by atoms with van der Waals surface area (Å²) in [5.41, 5.74) is 0. The van der Waals surface area contributed by atoms with E-state index in [9.17, 15) is 9.18 Å². The molecule has 0 saturated heterocycles. The first kappa shape index (κ1) is 11.3. The zero-order valence-electron chi connectivity index (χ0n) is 8.36. The van der Waals surface area contributed by atoms with Gasteiger partial charge in [0.2, 0.25) is 0 Å². The van der Waals surface area contributed by atoms with Crippen molar-refractivity contribution >= 4 is 5.97 Å². The molecule has 0 saturated carbocycles. The lowest BCUT2D eigenvalue weighted by Crippen LogP contribution is -2.23. The number of hydrogen-bond acceptors (Lipinski definition) is 3. The van der Waals surface area contributed by atoms with Gasteiger partial charge in [0.1, 0.15) is 5.82 Å². The van der Waals surface area contributed by atoms with E-state index in [1.807, 2.05) is 0 Å². The number of halogens is 1. The number of hydrogen-bond donors (Lipinski definition) is 1. The molecule has 0 radical (unpaired) electrons. The van der Waals surface area contributed by atoms with Crippen LogP contribution in [-0.4, -0.2) is 24.3 Å². The summed E-state index contributed by atoms with van der Waals surface area (Å²) in [6.07, 6.45) is -1.01. The average molecular weight is 214 g/mol. The molecule has 1 unspecified atom stereocenters. The van der Waals surface area contributed by atoms with Gasteiger partial charge in [0.15, 0.2) is 17.6 Å². The smallest absolute Gasteiger partial charge is 0.344 e. The number of carbonyl (C=O) groups is 1. The van der Waals surface area contributed by atoms with Gasteiger partial charge in [-0.3, -0.25) is 0 Å². The molecule has 0 aromatic heterocycles. The molecule has 82 valence electrons. The number of methoxy groups -OCH3 is 1. The Balaban J connectivity index is 2.89. The zero-order valence-corrected chi connectivity index (χ0v) is 8.36. The molecule has 0 aliphatic heterocycles. The zero-order chi connectivity index (χ0) is 11.4. The number of aliphatic carboxylic acids is 1. The highest BCUT2D eigenvalue weighted by Gasteiger charge is 2.15. The Morgan fingerprint density at radius 3 is 2.67 bits per heavy atom. The van der Waals surface area contributed by atoms with Crippen molar-refractivity contribution in [2.45, 2.75) is 13.0 Å². The van der Waals surface area contributed by atoms with Gasteiger partial charge < -0.3 is 14.6 Å². The fraction of sp³-hybridized carbons (Fsp3) is 0.300. The van der Waals surface area contributed by atoms with Crippen molar-refractivity contribution < 1.29 is 23.8 Å². The van der Waals surface area contributed by atoms with Crippen LogP contribution in [0.25, 0.3) is 0 Å². The summed E-state index contributed by atoms with van der Waals surface area (Å²) < 4.78 is 22.7. The number of carboxylic acids is 1. The van der Waals surface area contributed by atoms with Crippen LogP contribution in [0.4, 0.5) is 4.39 Å². The molecule has 0 spiro atoms. The van der Waals surface area contributed by atoms with Gasteiger partial charge in [-0.1, -0.05) is 0 Å². The van der Waals surface area contributed by atoms with Gasteiger partial charge >= 0.3 is 5.97 Å². The van der Waals surface area contributed by atoms with Crippen LogP contribution < -0.4 is 9.47 Å². The maximum atomic E-state index is 12.8. The summed E-state index contributed by atoms with van der Waals surface area (Å²) in [4.78, 5) is 10.5. The molecule has 0 aliphatic rings. The lowest BCUT2D eigenvalue weighted by Gasteiger charge is -2.13. The Bertz CT molecular complexity index is 364. The van der Waals surface area contributed by atoms with Crippen LogP contribution in [0.2, 0.25) is 0 Å². The van der Waals surface area contributed by atoms with Crippen molar-refractivity contribution in [1.82, 2.24) is 0 Å². The molecule has 0 fully saturated rings. The highest BCUT2D eigenvalue weighted by Crippen LogP contribution is 2.28. The molecule has 1 rings (SSSR count). The van der Waals surface area contributed by atoms with E-state index in [4.69, 9.17) is 14.6 Å². The van der Waals surface area contributed by atoms with Gasteiger partial charge in [0.25, 0.3) is 0 Å². The normalized spacial score (nSPS) is 11.9. The number of ether oxygens (including phenoxy) is 2. The fourth-order valence-corrected chi connectivity index (χ4v) is 0.980. The van der Waals surface area contributed by atoms with Crippen LogP contribution in [0.1, 0.15) is 6.92 Å². The number of rotatable bonds is 4. The van der Waals surface area contributed by atoms with Crippen LogP contribution >= 0.6 is 0 Å². The Morgan fingerprint density at radius 1 is 1.47 bits per heavy atom. The maximum Gasteiger partial charge on any atom is 0.344 e. The molecule has 1 atom stereocenters. The molecule has 4 nitrogen and oxygen atoms in total. The van der Waals surface area contributed by atoms with E-state index >= 15 is 0 Å². The van der Waals surface area contributed by atoms with E-state index in [2.05, 4.69) is 0 Å². The summed E-state index contributed by atoms with van der Waals surface area (Å²) in [5.74, 6) is -1.19. The van der Waals surface area contributed by atoms with Crippen molar-refractivity contribution in [3.05, 3.63) is 24.0 Å². The molecule has 1 aromatic carbocycles. The first-order valence-electron chi connectivity index (χ1n) is 4.27. The van der Waals surface area contributed by atoms with Crippen molar-refractivity contribution in [1.29, 1.82) is 0 Å². The van der Waals surface area contributed by atoms with Gasteiger partial charge in [-0.25, -0.2) is 9.18 Å². The lowest BCUT2D eigenvalue weighted by molar-refractivity contribution is -0.144. The first-order chi connectivity index (χ1) is 7.04. The third-order valence-corrected chi connectivity index (χ3v) is 1.78. The SMILES string of the molecule is COc1cc(F)ccc1OC(C)C(=O)O. The highest BCUT2D eigenvalue weighted by atomic mass is 19.1. The van der Waals surface area contributed by atoms with E-state index in [0.29, 0.717) is 0 Å². The molecule has 1 N–H and O–H groups in total. The monoisotopic (exact) mass is 214 g/mol. The molecule has 15 heavy (non-hydrogen) atoms. The van der Waals surface area contributed by atoms with Crippen LogP contribution in [0.5, 0.6) is 11.5 Å². The summed E-state index contributed by atoms with van der Waals surface area (Å²) in [7, 11) is 1.35. The molecule has 5 heteroatoms. The molecule has 0 amide bonds. The quantitative estimate of drug-likeness (QED) is 0.828. The van der Waals surface area contributed by atoms with E-state index < -0.39 is 17.9 Å². The van der Waals surface area contributed by atoms with E-state index in [-0.39, 0.29) is 11.5 Å². The lowest BCUT2D eigenvalue weighted by atomic mass is 10.3. The molecule has 0 bridgehead atoms. The van der Waals surface area contributed by atoms with Crippen LogP contribution in [0, 0.1) is 5.82 Å². The Hall–Kier alpha value is -1.78. The third-order valence-electron chi connectivity index (χ3n) is 1.78. The molecular formula is C10H11FO4. The van der Waals surface area contributed by atoms with Gasteiger partial charge in [-0.15, -0.1) is 0 Å². The van der Waals surface area contributed by atoms with Gasteiger partial charge in [0.05, 0.1) is 7.11 Å². The average Bonchev–Trinajstić information content (AvgIpc) is 2.20. The molecule has 1 aromatic rings. The number of carboxylic acid groups (broad SMARTS) is 1. The van der Waals surface area contributed by atoms with Crippen LogP contribution in [0.15, 0.2) is 18.2 Å². The van der Waals surface area contributed by atoms with E-state index in [1.54, 1.807) is 0 Å². The largest absolute Gasteiger partial charge is 0.493 e. The topological polar surface area (TPSA) is 55.8 Å². The van der Waals surface area contributed by atoms with Crippen molar-refractivity contribution in [2.24, 2.45) is 0 Å². The van der Waals surface area contributed by atoms with Crippen molar-refractivity contribution in [3.8, 4) is 11.5 Å². The standard InChI is InChI=1S/C10H11FO4/c1-6(10(12)13)15-8-4-3-7(11)5-9(8)14-2/h3-6H,1-2H3,(H,12,13). The molecule has 0 heterocycles. The van der Waals surface area contributed by atoms with Crippen LogP contribution in [0.3, 0.4) is 0 Å². The molecule has 0 aliphatic carbocycles.